The highest BCUT2D eigenvalue weighted by Gasteiger charge is 2.25. The highest BCUT2D eigenvalue weighted by molar-refractivity contribution is 5.15. The lowest BCUT2D eigenvalue weighted by Gasteiger charge is -2.28. The van der Waals surface area contributed by atoms with Crippen LogP contribution in [0.2, 0.25) is 0 Å². The lowest BCUT2D eigenvalue weighted by molar-refractivity contribution is -0.123. The van der Waals surface area contributed by atoms with Gasteiger partial charge in [-0.1, -0.05) is 43.3 Å². The number of nitriles is 1. The number of nitrogens with zero attached hydrogens (tertiary/aromatic N) is 1. The molecular weight excluding hydrogens is 276 g/mol. The molecule has 1 aliphatic rings. The van der Waals surface area contributed by atoms with Crippen LogP contribution in [0.3, 0.4) is 0 Å². The first-order valence-corrected chi connectivity index (χ1v) is 7.52. The van der Waals surface area contributed by atoms with Crippen molar-refractivity contribution >= 4 is 0 Å². The van der Waals surface area contributed by atoms with E-state index >= 15 is 0 Å². The number of hydrogen-bond acceptors (Lipinski definition) is 4. The molecule has 0 aromatic heterocycles. The van der Waals surface area contributed by atoms with Crippen molar-refractivity contribution in [3.05, 3.63) is 60.4 Å². The van der Waals surface area contributed by atoms with Gasteiger partial charge < -0.3 is 9.47 Å². The van der Waals surface area contributed by atoms with Crippen LogP contribution in [-0.4, -0.2) is 18.4 Å². The normalized spacial score (nSPS) is 20.7. The van der Waals surface area contributed by atoms with Crippen LogP contribution in [0.5, 0.6) is 0 Å². The molecule has 0 spiro atoms. The van der Waals surface area contributed by atoms with Crippen LogP contribution in [-0.2, 0) is 16.0 Å². The molecule has 0 fully saturated rings. The summed E-state index contributed by atoms with van der Waals surface area (Å²) >= 11 is 0. The van der Waals surface area contributed by atoms with Crippen LogP contribution < -0.4 is 5.32 Å². The van der Waals surface area contributed by atoms with Gasteiger partial charge in [-0.3, -0.25) is 5.32 Å². The second kappa shape index (κ2) is 8.38. The highest BCUT2D eigenvalue weighted by atomic mass is 16.7. The molecule has 0 saturated heterocycles. The average Bonchev–Trinajstić information content (AvgIpc) is 2.57. The number of hydrogen-bond donors (Lipinski definition) is 1. The van der Waals surface area contributed by atoms with Crippen molar-refractivity contribution < 1.29 is 9.47 Å². The smallest absolute Gasteiger partial charge is 0.219 e. The molecule has 1 aromatic rings. The van der Waals surface area contributed by atoms with Crippen LogP contribution in [0.25, 0.3) is 0 Å². The number of nitrogens with one attached hydrogen (secondary N) is 1. The van der Waals surface area contributed by atoms with Crippen molar-refractivity contribution in [1.82, 2.24) is 5.32 Å². The van der Waals surface area contributed by atoms with Gasteiger partial charge in [-0.2, -0.15) is 5.26 Å². The van der Waals surface area contributed by atoms with Gasteiger partial charge in [0.05, 0.1) is 18.4 Å². The van der Waals surface area contributed by atoms with Gasteiger partial charge in [-0.25, -0.2) is 0 Å². The molecule has 4 nitrogen and oxygen atoms in total. The largest absolute Gasteiger partial charge is 0.469 e. The number of benzene rings is 1. The summed E-state index contributed by atoms with van der Waals surface area (Å²) in [7, 11) is 0. The maximum Gasteiger partial charge on any atom is 0.219 e. The van der Waals surface area contributed by atoms with E-state index in [-0.39, 0.29) is 24.4 Å². The van der Waals surface area contributed by atoms with E-state index in [9.17, 15) is 5.26 Å². The zero-order valence-corrected chi connectivity index (χ0v) is 13.0. The lowest BCUT2D eigenvalue weighted by Crippen LogP contribution is -2.40. The van der Waals surface area contributed by atoms with E-state index in [0.29, 0.717) is 6.54 Å². The van der Waals surface area contributed by atoms with Gasteiger partial charge in [0.2, 0.25) is 6.29 Å². The fraction of sp³-hybridized carbons (Fsp3) is 0.389. The standard InChI is InChI=1S/C18H22N2O2/c1-14(15(2)22-18-10-6-7-11-21-18)17(12-19)20-13-16-8-4-3-5-9-16/h3-11,14-15,17-18,20H,13H2,1-2H3/t14?,15-,17+,18+/m0/s1. The Morgan fingerprint density at radius 1 is 1.27 bits per heavy atom. The Bertz CT molecular complexity index is 548. The summed E-state index contributed by atoms with van der Waals surface area (Å²) in [5, 5.41) is 12.7. The molecule has 0 aliphatic carbocycles. The van der Waals surface area contributed by atoms with Crippen molar-refractivity contribution in [3.8, 4) is 6.07 Å². The fourth-order valence-corrected chi connectivity index (χ4v) is 2.23. The third-order valence-corrected chi connectivity index (χ3v) is 3.79. The zero-order valence-electron chi connectivity index (χ0n) is 13.0. The molecule has 0 saturated carbocycles. The first-order chi connectivity index (χ1) is 10.7. The van der Waals surface area contributed by atoms with E-state index < -0.39 is 0 Å². The van der Waals surface area contributed by atoms with E-state index in [0.717, 1.165) is 5.56 Å². The van der Waals surface area contributed by atoms with Crippen molar-refractivity contribution in [1.29, 1.82) is 5.26 Å². The Kier molecular flexibility index (Phi) is 6.20. The van der Waals surface area contributed by atoms with E-state index in [1.807, 2.05) is 62.4 Å². The molecule has 4 heteroatoms. The topological polar surface area (TPSA) is 54.3 Å². The van der Waals surface area contributed by atoms with Crippen LogP contribution >= 0.6 is 0 Å². The summed E-state index contributed by atoms with van der Waals surface area (Å²) in [4.78, 5) is 0. The molecule has 4 atom stereocenters. The molecule has 1 aromatic carbocycles. The minimum atomic E-state index is -0.379. The Labute approximate surface area is 132 Å². The number of rotatable bonds is 7. The van der Waals surface area contributed by atoms with Gasteiger partial charge >= 0.3 is 0 Å². The second-order valence-corrected chi connectivity index (χ2v) is 5.39. The summed E-state index contributed by atoms with van der Waals surface area (Å²) in [6, 6.07) is 12.1. The van der Waals surface area contributed by atoms with E-state index in [1.54, 1.807) is 6.26 Å². The predicted octanol–water partition coefficient (Wildman–Crippen LogP) is 3.14. The third kappa shape index (κ3) is 4.73. The molecule has 22 heavy (non-hydrogen) atoms. The maximum atomic E-state index is 9.40. The summed E-state index contributed by atoms with van der Waals surface area (Å²) in [5.74, 6) is 0.0385. The molecule has 0 bridgehead atoms. The molecular formula is C18H22N2O2. The van der Waals surface area contributed by atoms with Gasteiger partial charge in [-0.15, -0.1) is 0 Å². The molecule has 0 amide bonds. The van der Waals surface area contributed by atoms with Gasteiger partial charge in [-0.05, 0) is 24.6 Å². The van der Waals surface area contributed by atoms with Crippen LogP contribution in [0.15, 0.2) is 54.8 Å². The van der Waals surface area contributed by atoms with Gasteiger partial charge in [0, 0.05) is 12.5 Å². The zero-order chi connectivity index (χ0) is 15.8. The van der Waals surface area contributed by atoms with Gasteiger partial charge in [0.15, 0.2) is 0 Å². The predicted molar refractivity (Wildman–Crippen MR) is 85.5 cm³/mol. The van der Waals surface area contributed by atoms with E-state index in [1.165, 1.54) is 0 Å². The van der Waals surface area contributed by atoms with Crippen LogP contribution in [0.4, 0.5) is 0 Å². The summed E-state index contributed by atoms with van der Waals surface area (Å²) in [5.41, 5.74) is 1.16. The summed E-state index contributed by atoms with van der Waals surface area (Å²) in [6.45, 7) is 4.65. The maximum absolute atomic E-state index is 9.40. The first-order valence-electron chi connectivity index (χ1n) is 7.52. The van der Waals surface area contributed by atoms with Crippen molar-refractivity contribution in [2.45, 2.75) is 38.8 Å². The third-order valence-electron chi connectivity index (χ3n) is 3.79. The monoisotopic (exact) mass is 298 g/mol. The van der Waals surface area contributed by atoms with E-state index in [2.05, 4.69) is 11.4 Å². The average molecular weight is 298 g/mol. The summed E-state index contributed by atoms with van der Waals surface area (Å²) in [6.07, 6.45) is 6.68. The number of allylic oxidation sites excluding steroid dienone is 2. The molecule has 0 radical (unpaired) electrons. The molecule has 1 unspecified atom stereocenters. The quantitative estimate of drug-likeness (QED) is 0.840. The summed E-state index contributed by atoms with van der Waals surface area (Å²) < 4.78 is 11.2. The molecule has 2 rings (SSSR count). The SMILES string of the molecule is CC([C@H](C)O[C@@H]1C=CC=CO1)[C@@H](C#N)NCc1ccccc1. The van der Waals surface area contributed by atoms with E-state index in [4.69, 9.17) is 9.47 Å². The minimum absolute atomic E-state index is 0.0385. The Balaban J connectivity index is 1.85. The van der Waals surface area contributed by atoms with Crippen LogP contribution in [0.1, 0.15) is 19.4 Å². The number of ether oxygens (including phenoxy) is 2. The highest BCUT2D eigenvalue weighted by Crippen LogP contribution is 2.16. The lowest BCUT2D eigenvalue weighted by atomic mass is 9.97. The Hall–Kier alpha value is -2.09. The van der Waals surface area contributed by atoms with Gasteiger partial charge in [0.25, 0.3) is 0 Å². The van der Waals surface area contributed by atoms with Crippen molar-refractivity contribution in [3.63, 3.8) is 0 Å². The van der Waals surface area contributed by atoms with Crippen molar-refractivity contribution in [2.24, 2.45) is 5.92 Å². The fourth-order valence-electron chi connectivity index (χ4n) is 2.23. The molecule has 116 valence electrons. The molecule has 1 N–H and O–H groups in total. The first kappa shape index (κ1) is 16.3. The minimum Gasteiger partial charge on any atom is -0.469 e. The molecule has 1 heterocycles. The van der Waals surface area contributed by atoms with Gasteiger partial charge in [0.1, 0.15) is 6.04 Å². The Morgan fingerprint density at radius 2 is 2.05 bits per heavy atom. The second-order valence-electron chi connectivity index (χ2n) is 5.39. The Morgan fingerprint density at radius 3 is 2.68 bits per heavy atom. The van der Waals surface area contributed by atoms with Crippen LogP contribution in [0, 0.1) is 17.2 Å². The van der Waals surface area contributed by atoms with Crippen molar-refractivity contribution in [2.75, 3.05) is 0 Å². The molecule has 1 aliphatic heterocycles.